The third kappa shape index (κ3) is 28.1. The van der Waals surface area contributed by atoms with E-state index < -0.39 is 0 Å². The van der Waals surface area contributed by atoms with Gasteiger partial charge >= 0.3 is 0 Å². The highest BCUT2D eigenvalue weighted by atomic mass is 14.9. The second kappa shape index (κ2) is 30.9. The zero-order chi connectivity index (χ0) is 24.8. The van der Waals surface area contributed by atoms with Gasteiger partial charge in [-0.15, -0.1) is 0 Å². The van der Waals surface area contributed by atoms with Crippen LogP contribution >= 0.6 is 0 Å². The van der Waals surface area contributed by atoms with Crippen LogP contribution in [0.4, 0.5) is 0 Å². The number of hydrogen-bond acceptors (Lipinski definition) is 3. The van der Waals surface area contributed by atoms with E-state index in [9.17, 15) is 0 Å². The first kappa shape index (κ1) is 33.9. The Hall–Kier alpha value is -0.120. The fraction of sp³-hybridized carbons (Fsp3) is 1.00. The standard InChI is InChI=1S/C31H67N3/c1-4-7-10-13-16-19-26-32-28-22-24-31(34-30-21-18-15-12-9-6-3)25-23-29-33-27-20-17-14-11-8-5-2/h31-34H,4-30H2,1-3H3. The van der Waals surface area contributed by atoms with E-state index in [0.29, 0.717) is 6.04 Å². The molecular formula is C31H67N3. The van der Waals surface area contributed by atoms with Gasteiger partial charge in [-0.2, -0.15) is 0 Å². The topological polar surface area (TPSA) is 36.1 Å². The molecule has 0 unspecified atom stereocenters. The number of unbranched alkanes of at least 4 members (excludes halogenated alkanes) is 15. The molecule has 0 fully saturated rings. The summed E-state index contributed by atoms with van der Waals surface area (Å²) >= 11 is 0. The lowest BCUT2D eigenvalue weighted by molar-refractivity contribution is 0.411. The summed E-state index contributed by atoms with van der Waals surface area (Å²) in [5.74, 6) is 0. The highest BCUT2D eigenvalue weighted by Crippen LogP contribution is 2.09. The maximum Gasteiger partial charge on any atom is 0.00680 e. The lowest BCUT2D eigenvalue weighted by Gasteiger charge is -2.19. The first-order chi connectivity index (χ1) is 16.8. The second-order valence-corrected chi connectivity index (χ2v) is 10.7. The van der Waals surface area contributed by atoms with E-state index in [1.54, 1.807) is 0 Å². The van der Waals surface area contributed by atoms with Gasteiger partial charge in [0.05, 0.1) is 0 Å². The predicted octanol–water partition coefficient (Wildman–Crippen LogP) is 8.77. The summed E-state index contributed by atoms with van der Waals surface area (Å²) in [5.41, 5.74) is 0. The third-order valence-electron chi connectivity index (χ3n) is 7.19. The molecule has 0 aromatic rings. The zero-order valence-electron chi connectivity index (χ0n) is 24.2. The summed E-state index contributed by atoms with van der Waals surface area (Å²) in [4.78, 5) is 0. The van der Waals surface area contributed by atoms with Crippen molar-refractivity contribution < 1.29 is 0 Å². The normalized spacial score (nSPS) is 11.6. The Balaban J connectivity index is 3.82. The molecule has 206 valence electrons. The Kier molecular flexibility index (Phi) is 30.8. The van der Waals surface area contributed by atoms with Crippen LogP contribution in [0.5, 0.6) is 0 Å². The molecule has 0 saturated carbocycles. The minimum Gasteiger partial charge on any atom is -0.317 e. The molecule has 0 aromatic carbocycles. The van der Waals surface area contributed by atoms with Crippen molar-refractivity contribution in [2.75, 3.05) is 32.7 Å². The van der Waals surface area contributed by atoms with Gasteiger partial charge in [0.25, 0.3) is 0 Å². The van der Waals surface area contributed by atoms with Crippen LogP contribution in [0.2, 0.25) is 0 Å². The first-order valence-corrected chi connectivity index (χ1v) is 16.0. The van der Waals surface area contributed by atoms with Crippen molar-refractivity contribution in [2.24, 2.45) is 0 Å². The third-order valence-corrected chi connectivity index (χ3v) is 7.19. The van der Waals surface area contributed by atoms with Gasteiger partial charge in [0, 0.05) is 6.04 Å². The fourth-order valence-electron chi connectivity index (χ4n) is 4.82. The Morgan fingerprint density at radius 2 is 0.676 bits per heavy atom. The number of rotatable bonds is 30. The molecule has 0 heterocycles. The first-order valence-electron chi connectivity index (χ1n) is 16.0. The zero-order valence-corrected chi connectivity index (χ0v) is 24.2. The minimum absolute atomic E-state index is 0.710. The molecule has 0 aliphatic rings. The molecular weight excluding hydrogens is 414 g/mol. The van der Waals surface area contributed by atoms with E-state index in [-0.39, 0.29) is 0 Å². The van der Waals surface area contributed by atoms with Crippen LogP contribution in [0.25, 0.3) is 0 Å². The molecule has 0 saturated heterocycles. The van der Waals surface area contributed by atoms with Crippen molar-refractivity contribution >= 4 is 0 Å². The molecule has 0 bridgehead atoms. The molecule has 0 amide bonds. The Morgan fingerprint density at radius 1 is 0.353 bits per heavy atom. The SMILES string of the molecule is CCCCCCCCNCCCC(CCCNCCCCCCCC)NCCCCCCCC. The molecule has 0 aliphatic carbocycles. The van der Waals surface area contributed by atoms with Gasteiger partial charge in [-0.05, 0) is 77.7 Å². The van der Waals surface area contributed by atoms with Gasteiger partial charge < -0.3 is 16.0 Å². The largest absolute Gasteiger partial charge is 0.317 e. The van der Waals surface area contributed by atoms with Crippen LogP contribution in [0.1, 0.15) is 162 Å². The monoisotopic (exact) mass is 482 g/mol. The Morgan fingerprint density at radius 3 is 1.09 bits per heavy atom. The van der Waals surface area contributed by atoms with E-state index in [1.165, 1.54) is 174 Å². The fourth-order valence-corrected chi connectivity index (χ4v) is 4.82. The lowest BCUT2D eigenvalue weighted by Crippen LogP contribution is -2.32. The van der Waals surface area contributed by atoms with E-state index in [0.717, 1.165) is 0 Å². The number of hydrogen-bond donors (Lipinski definition) is 3. The highest BCUT2D eigenvalue weighted by molar-refractivity contribution is 4.69. The van der Waals surface area contributed by atoms with E-state index in [1.807, 2.05) is 0 Å². The number of nitrogens with one attached hydrogen (secondary N) is 3. The Bertz CT molecular complexity index is 324. The maximum atomic E-state index is 3.92. The van der Waals surface area contributed by atoms with Gasteiger partial charge in [-0.25, -0.2) is 0 Å². The van der Waals surface area contributed by atoms with Crippen molar-refractivity contribution in [3.8, 4) is 0 Å². The molecule has 34 heavy (non-hydrogen) atoms. The Labute approximate surface area is 216 Å². The van der Waals surface area contributed by atoms with Crippen LogP contribution in [0.3, 0.4) is 0 Å². The van der Waals surface area contributed by atoms with Crippen molar-refractivity contribution in [3.63, 3.8) is 0 Å². The van der Waals surface area contributed by atoms with Gasteiger partial charge in [0.1, 0.15) is 0 Å². The van der Waals surface area contributed by atoms with Gasteiger partial charge in [0.15, 0.2) is 0 Å². The average Bonchev–Trinajstić information content (AvgIpc) is 2.85. The lowest BCUT2D eigenvalue weighted by atomic mass is 10.0. The molecule has 3 nitrogen and oxygen atoms in total. The smallest absolute Gasteiger partial charge is 0.00680 e. The highest BCUT2D eigenvalue weighted by Gasteiger charge is 2.07. The second-order valence-electron chi connectivity index (χ2n) is 10.7. The molecule has 3 N–H and O–H groups in total. The van der Waals surface area contributed by atoms with Gasteiger partial charge in [-0.3, -0.25) is 0 Å². The molecule has 0 radical (unpaired) electrons. The van der Waals surface area contributed by atoms with Gasteiger partial charge in [0.2, 0.25) is 0 Å². The maximum absolute atomic E-state index is 3.92. The van der Waals surface area contributed by atoms with Crippen LogP contribution in [-0.4, -0.2) is 38.8 Å². The van der Waals surface area contributed by atoms with Crippen LogP contribution in [-0.2, 0) is 0 Å². The predicted molar refractivity (Wildman–Crippen MR) is 156 cm³/mol. The molecule has 3 heteroatoms. The van der Waals surface area contributed by atoms with E-state index in [4.69, 9.17) is 0 Å². The molecule has 0 aliphatic heterocycles. The van der Waals surface area contributed by atoms with Gasteiger partial charge in [-0.1, -0.05) is 117 Å². The molecule has 0 rings (SSSR count). The quantitative estimate of drug-likeness (QED) is 0.0897. The van der Waals surface area contributed by atoms with Crippen molar-refractivity contribution in [1.82, 2.24) is 16.0 Å². The van der Waals surface area contributed by atoms with Crippen molar-refractivity contribution in [1.29, 1.82) is 0 Å². The molecule has 0 aromatic heterocycles. The van der Waals surface area contributed by atoms with E-state index >= 15 is 0 Å². The molecule has 0 atom stereocenters. The summed E-state index contributed by atoms with van der Waals surface area (Å²) in [5, 5.41) is 11.3. The summed E-state index contributed by atoms with van der Waals surface area (Å²) < 4.78 is 0. The van der Waals surface area contributed by atoms with Crippen LogP contribution in [0.15, 0.2) is 0 Å². The van der Waals surface area contributed by atoms with Crippen molar-refractivity contribution in [2.45, 2.75) is 168 Å². The summed E-state index contributed by atoms with van der Waals surface area (Å²) in [6, 6.07) is 0.710. The average molecular weight is 482 g/mol. The summed E-state index contributed by atoms with van der Waals surface area (Å²) in [6.45, 7) is 12.9. The van der Waals surface area contributed by atoms with E-state index in [2.05, 4.69) is 36.7 Å². The van der Waals surface area contributed by atoms with Crippen LogP contribution in [0, 0.1) is 0 Å². The van der Waals surface area contributed by atoms with Crippen LogP contribution < -0.4 is 16.0 Å². The molecule has 0 spiro atoms. The minimum atomic E-state index is 0.710. The summed E-state index contributed by atoms with van der Waals surface area (Å²) in [6.07, 6.45) is 30.4. The van der Waals surface area contributed by atoms with Crippen molar-refractivity contribution in [3.05, 3.63) is 0 Å². The summed E-state index contributed by atoms with van der Waals surface area (Å²) in [7, 11) is 0.